The van der Waals surface area contributed by atoms with Crippen LogP contribution in [0.1, 0.15) is 67.8 Å². The third-order valence-electron chi connectivity index (χ3n) is 8.37. The summed E-state index contributed by atoms with van der Waals surface area (Å²) in [4.78, 5) is 33.1. The molecule has 2 fully saturated rings. The molecule has 9 heteroatoms. The van der Waals surface area contributed by atoms with E-state index in [2.05, 4.69) is 31.9 Å². The lowest BCUT2D eigenvalue weighted by Gasteiger charge is -2.44. The van der Waals surface area contributed by atoms with E-state index >= 15 is 0 Å². The highest BCUT2D eigenvalue weighted by Gasteiger charge is 2.55. The van der Waals surface area contributed by atoms with Crippen molar-refractivity contribution in [3.63, 3.8) is 0 Å². The van der Waals surface area contributed by atoms with Crippen molar-refractivity contribution in [2.75, 3.05) is 33.9 Å². The molecule has 2 saturated heterocycles. The highest BCUT2D eigenvalue weighted by atomic mass is 16.5. The van der Waals surface area contributed by atoms with Crippen LogP contribution >= 0.6 is 0 Å². The molecule has 1 spiro atoms. The summed E-state index contributed by atoms with van der Waals surface area (Å²) in [5, 5.41) is 4.60. The Morgan fingerprint density at radius 2 is 1.82 bits per heavy atom. The number of methoxy groups -OCH3 is 2. The first-order chi connectivity index (χ1) is 18.0. The molecule has 0 unspecified atom stereocenters. The number of aryl methyl sites for hydroxylation is 1. The van der Waals surface area contributed by atoms with E-state index in [1.807, 2.05) is 46.9 Å². The molecule has 38 heavy (non-hydrogen) atoms. The van der Waals surface area contributed by atoms with Gasteiger partial charge in [-0.2, -0.15) is 5.10 Å². The van der Waals surface area contributed by atoms with Gasteiger partial charge in [-0.3, -0.25) is 14.4 Å². The third kappa shape index (κ3) is 4.03. The molecule has 0 N–H and O–H groups in total. The number of likely N-dealkylation sites (N-methyl/N-ethyl adjacent to an activating group) is 1. The second-order valence-corrected chi connectivity index (χ2v) is 11.5. The fraction of sp³-hybridized carbons (Fsp3) is 0.552. The minimum atomic E-state index is -0.426. The van der Waals surface area contributed by atoms with Crippen LogP contribution in [0.15, 0.2) is 30.0 Å². The zero-order chi connectivity index (χ0) is 27.4. The second kappa shape index (κ2) is 9.36. The van der Waals surface area contributed by atoms with E-state index in [1.54, 1.807) is 18.9 Å². The second-order valence-electron chi connectivity index (χ2n) is 11.5. The molecule has 3 amide bonds. The zero-order valence-corrected chi connectivity index (χ0v) is 23.6. The first kappa shape index (κ1) is 26.1. The van der Waals surface area contributed by atoms with Gasteiger partial charge in [-0.1, -0.05) is 26.8 Å². The average molecular weight is 522 g/mol. The molecular formula is C29H39N5O4. The van der Waals surface area contributed by atoms with E-state index in [9.17, 15) is 9.59 Å². The molecule has 4 heterocycles. The fourth-order valence-electron chi connectivity index (χ4n) is 6.23. The molecule has 0 aliphatic carbocycles. The molecule has 1 aromatic heterocycles. The van der Waals surface area contributed by atoms with Crippen molar-refractivity contribution in [2.24, 2.45) is 7.05 Å². The number of hydrogen-bond donors (Lipinski definition) is 0. The van der Waals surface area contributed by atoms with Gasteiger partial charge >= 0.3 is 6.03 Å². The van der Waals surface area contributed by atoms with Crippen molar-refractivity contribution in [2.45, 2.75) is 64.5 Å². The lowest BCUT2D eigenvalue weighted by atomic mass is 9.83. The minimum Gasteiger partial charge on any atom is -0.497 e. The Morgan fingerprint density at radius 1 is 1.11 bits per heavy atom. The molecule has 0 radical (unpaired) electrons. The largest absolute Gasteiger partial charge is 0.497 e. The number of aromatic nitrogens is 2. The monoisotopic (exact) mass is 521 g/mol. The van der Waals surface area contributed by atoms with Gasteiger partial charge < -0.3 is 19.3 Å². The molecule has 5 rings (SSSR count). The molecule has 0 saturated carbocycles. The Hall–Kier alpha value is -3.49. The maximum Gasteiger partial charge on any atom is 0.325 e. The number of urea groups is 1. The van der Waals surface area contributed by atoms with Crippen LogP contribution in [0.25, 0.3) is 0 Å². The maximum absolute atomic E-state index is 13.8. The number of benzene rings is 1. The summed E-state index contributed by atoms with van der Waals surface area (Å²) in [5.74, 6) is 1.49. The van der Waals surface area contributed by atoms with Gasteiger partial charge in [0.25, 0.3) is 5.91 Å². The van der Waals surface area contributed by atoms with Crippen molar-refractivity contribution in [1.29, 1.82) is 0 Å². The van der Waals surface area contributed by atoms with Gasteiger partial charge in [0.05, 0.1) is 32.0 Å². The van der Waals surface area contributed by atoms with Gasteiger partial charge in [-0.25, -0.2) is 4.79 Å². The van der Waals surface area contributed by atoms with Gasteiger partial charge in [0.15, 0.2) is 0 Å². The summed E-state index contributed by atoms with van der Waals surface area (Å²) in [6.45, 7) is 10.6. The fourth-order valence-corrected chi connectivity index (χ4v) is 6.23. The molecule has 1 aromatic carbocycles. The Kier molecular flexibility index (Phi) is 6.44. The highest BCUT2D eigenvalue weighted by Crippen LogP contribution is 2.47. The Bertz CT molecular complexity index is 1300. The number of hydrogen-bond acceptors (Lipinski definition) is 5. The van der Waals surface area contributed by atoms with Crippen LogP contribution in [0.2, 0.25) is 0 Å². The van der Waals surface area contributed by atoms with Gasteiger partial charge in [0.2, 0.25) is 0 Å². The van der Waals surface area contributed by atoms with E-state index in [1.165, 1.54) is 0 Å². The van der Waals surface area contributed by atoms with Crippen LogP contribution in [0.3, 0.4) is 0 Å². The summed E-state index contributed by atoms with van der Waals surface area (Å²) in [5.41, 5.74) is 4.11. The standard InChI is InChI=1S/C29H39N5O4/c1-8-34-27(36)33-18-19-15-20(37-6)16-23(38-7)21(19)9-10-25(33)29(34)11-13-32(14-12-29)26(35)22-17-24(28(2,3)4)30-31(22)5/h10,15-17H,8-9,11-14,18H2,1-7H3. The van der Waals surface area contributed by atoms with Crippen LogP contribution in [0.4, 0.5) is 4.79 Å². The molecule has 9 nitrogen and oxygen atoms in total. The number of amides is 3. The summed E-state index contributed by atoms with van der Waals surface area (Å²) < 4.78 is 12.9. The van der Waals surface area contributed by atoms with Gasteiger partial charge in [0, 0.05) is 49.4 Å². The van der Waals surface area contributed by atoms with Crippen LogP contribution in [0.5, 0.6) is 11.5 Å². The predicted molar refractivity (Wildman–Crippen MR) is 144 cm³/mol. The average Bonchev–Trinajstić information content (AvgIpc) is 3.29. The number of piperidine rings is 1. The summed E-state index contributed by atoms with van der Waals surface area (Å²) in [6.07, 6.45) is 4.26. The number of carbonyl (C=O) groups excluding carboxylic acids is 2. The van der Waals surface area contributed by atoms with Crippen LogP contribution in [0, 0.1) is 0 Å². The van der Waals surface area contributed by atoms with Crippen molar-refractivity contribution in [1.82, 2.24) is 24.5 Å². The van der Waals surface area contributed by atoms with Crippen molar-refractivity contribution < 1.29 is 19.1 Å². The number of likely N-dealkylation sites (tertiary alicyclic amines) is 1. The maximum atomic E-state index is 13.8. The Morgan fingerprint density at radius 3 is 2.39 bits per heavy atom. The van der Waals surface area contributed by atoms with E-state index in [0.29, 0.717) is 51.1 Å². The van der Waals surface area contributed by atoms with Crippen LogP contribution in [-0.4, -0.2) is 75.8 Å². The SMILES string of the molecule is CCN1C(=O)N2Cc3cc(OC)cc(OC)c3CC=C2C12CCN(C(=O)c1cc(C(C)(C)C)nn1C)CC2. The number of fused-ring (bicyclic) bond motifs is 3. The smallest absolute Gasteiger partial charge is 0.325 e. The van der Waals surface area contributed by atoms with Crippen LogP contribution < -0.4 is 9.47 Å². The molecule has 3 aliphatic heterocycles. The van der Waals surface area contributed by atoms with Crippen molar-refractivity contribution >= 4 is 11.9 Å². The number of nitrogens with zero attached hydrogens (tertiary/aromatic N) is 5. The van der Waals surface area contributed by atoms with Gasteiger partial charge in [-0.15, -0.1) is 0 Å². The lowest BCUT2D eigenvalue weighted by Crippen LogP contribution is -2.54. The molecule has 0 atom stereocenters. The Labute approximate surface area is 225 Å². The molecular weight excluding hydrogens is 482 g/mol. The van der Waals surface area contributed by atoms with Crippen molar-refractivity contribution in [3.8, 4) is 11.5 Å². The molecule has 2 aromatic rings. The predicted octanol–water partition coefficient (Wildman–Crippen LogP) is 4.11. The van der Waals surface area contributed by atoms with Crippen LogP contribution in [-0.2, 0) is 25.4 Å². The Balaban J connectivity index is 1.43. The molecule has 204 valence electrons. The summed E-state index contributed by atoms with van der Waals surface area (Å²) in [6, 6.07) is 5.84. The van der Waals surface area contributed by atoms with Gasteiger partial charge in [-0.05, 0) is 43.9 Å². The van der Waals surface area contributed by atoms with E-state index in [4.69, 9.17) is 9.47 Å². The minimum absolute atomic E-state index is 0.00587. The third-order valence-corrected chi connectivity index (χ3v) is 8.37. The quantitative estimate of drug-likeness (QED) is 0.605. The zero-order valence-electron chi connectivity index (χ0n) is 23.6. The molecule has 0 bridgehead atoms. The first-order valence-electron chi connectivity index (χ1n) is 13.4. The highest BCUT2D eigenvalue weighted by molar-refractivity contribution is 5.93. The number of rotatable bonds is 4. The first-order valence-corrected chi connectivity index (χ1v) is 13.4. The van der Waals surface area contributed by atoms with E-state index in [-0.39, 0.29) is 17.4 Å². The summed E-state index contributed by atoms with van der Waals surface area (Å²) >= 11 is 0. The summed E-state index contributed by atoms with van der Waals surface area (Å²) in [7, 11) is 5.14. The number of allylic oxidation sites excluding steroid dienone is 1. The molecule has 3 aliphatic rings. The van der Waals surface area contributed by atoms with E-state index in [0.717, 1.165) is 34.0 Å². The number of ether oxygens (including phenoxy) is 2. The topological polar surface area (TPSA) is 80.1 Å². The number of carbonyl (C=O) groups is 2. The van der Waals surface area contributed by atoms with Crippen molar-refractivity contribution in [3.05, 3.63) is 52.5 Å². The van der Waals surface area contributed by atoms with E-state index < -0.39 is 5.54 Å². The lowest BCUT2D eigenvalue weighted by molar-refractivity contribution is 0.0566. The van der Waals surface area contributed by atoms with Gasteiger partial charge in [0.1, 0.15) is 17.2 Å². The normalized spacial score (nSPS) is 18.8.